The largest absolute Gasteiger partial charge is 0.494 e. The van der Waals surface area contributed by atoms with Gasteiger partial charge in [0, 0.05) is 5.39 Å². The number of hydrogen-bond acceptors (Lipinski definition) is 4. The van der Waals surface area contributed by atoms with Crippen LogP contribution in [0.4, 0.5) is 0 Å². The van der Waals surface area contributed by atoms with Gasteiger partial charge in [-0.2, -0.15) is 0 Å². The minimum atomic E-state index is 0.226. The van der Waals surface area contributed by atoms with Gasteiger partial charge in [0.05, 0.1) is 12.6 Å². The molecule has 1 unspecified atom stereocenters. The lowest BCUT2D eigenvalue weighted by Crippen LogP contribution is -2.10. The summed E-state index contributed by atoms with van der Waals surface area (Å²) in [6, 6.07) is 17.3. The van der Waals surface area contributed by atoms with Crippen LogP contribution in [-0.4, -0.2) is 19.9 Å². The van der Waals surface area contributed by atoms with E-state index in [0.29, 0.717) is 0 Å². The molecular weight excluding hydrogens is 350 g/mol. The minimum absolute atomic E-state index is 0.226. The quantitative estimate of drug-likeness (QED) is 0.524. The highest BCUT2D eigenvalue weighted by Crippen LogP contribution is 2.25. The molecule has 4 nitrogen and oxygen atoms in total. The molecule has 1 atom stereocenters. The molecule has 0 saturated carbocycles. The molecule has 0 fully saturated rings. The highest BCUT2D eigenvalue weighted by Gasteiger charge is 2.10. The van der Waals surface area contributed by atoms with Crippen molar-refractivity contribution in [3.05, 3.63) is 65.4 Å². The van der Waals surface area contributed by atoms with E-state index in [-0.39, 0.29) is 6.04 Å². The van der Waals surface area contributed by atoms with Gasteiger partial charge in [-0.1, -0.05) is 31.2 Å². The van der Waals surface area contributed by atoms with Crippen LogP contribution < -0.4 is 10.1 Å². The van der Waals surface area contributed by atoms with Crippen molar-refractivity contribution < 1.29 is 13.9 Å². The number of furan rings is 1. The molecule has 150 valence electrons. The van der Waals surface area contributed by atoms with Crippen LogP contribution in [0.1, 0.15) is 50.1 Å². The Morgan fingerprint density at radius 2 is 1.71 bits per heavy atom. The zero-order valence-electron chi connectivity index (χ0n) is 17.3. The van der Waals surface area contributed by atoms with Gasteiger partial charge in [0.1, 0.15) is 23.4 Å². The molecule has 1 heterocycles. The van der Waals surface area contributed by atoms with E-state index in [2.05, 4.69) is 67.7 Å². The van der Waals surface area contributed by atoms with Crippen molar-refractivity contribution in [2.75, 3.05) is 13.7 Å². The molecule has 0 amide bonds. The maximum absolute atomic E-state index is 8.81. The third-order valence-corrected chi connectivity index (χ3v) is 4.56. The zero-order chi connectivity index (χ0) is 20.4. The summed E-state index contributed by atoms with van der Waals surface area (Å²) in [5.41, 5.74) is 3.60. The Morgan fingerprint density at radius 1 is 1.07 bits per heavy atom. The number of carbonyl (C=O) groups is 1. The number of rotatable bonds is 8. The van der Waals surface area contributed by atoms with Gasteiger partial charge < -0.3 is 19.3 Å². The van der Waals surface area contributed by atoms with Crippen LogP contribution in [0.5, 0.6) is 5.75 Å². The molecule has 1 aromatic heterocycles. The van der Waals surface area contributed by atoms with Crippen molar-refractivity contribution in [2.24, 2.45) is 0 Å². The van der Waals surface area contributed by atoms with Crippen molar-refractivity contribution in [1.82, 2.24) is 5.32 Å². The molecular formula is C24H31NO3. The van der Waals surface area contributed by atoms with Crippen molar-refractivity contribution in [3.63, 3.8) is 0 Å². The standard InChI is InChI=1S/C22H27NO2.C2H4O/c1-4-13-24-20-11-8-17(9-12-20)5-6-18-7-10-19-15-21(16(2)23-3)25-22(19)14-18;1-2-3/h7-12,14-16,23H,4-6,13H2,1-3H3;2H,1H3. The fourth-order valence-electron chi connectivity index (χ4n) is 2.87. The second-order valence-electron chi connectivity index (χ2n) is 6.76. The van der Waals surface area contributed by atoms with Crippen LogP contribution in [0, 0.1) is 0 Å². The Labute approximate surface area is 167 Å². The normalized spacial score (nSPS) is 11.6. The Kier molecular flexibility index (Phi) is 8.76. The van der Waals surface area contributed by atoms with E-state index >= 15 is 0 Å². The molecule has 2 aromatic carbocycles. The number of carbonyl (C=O) groups excluding carboxylic acids is 1. The minimum Gasteiger partial charge on any atom is -0.494 e. The molecule has 3 aromatic rings. The van der Waals surface area contributed by atoms with Gasteiger partial charge in [-0.25, -0.2) is 0 Å². The van der Waals surface area contributed by atoms with Gasteiger partial charge >= 0.3 is 0 Å². The topological polar surface area (TPSA) is 51.5 Å². The third kappa shape index (κ3) is 6.24. The van der Waals surface area contributed by atoms with Crippen molar-refractivity contribution in [2.45, 2.75) is 46.1 Å². The van der Waals surface area contributed by atoms with Crippen LogP contribution in [0.3, 0.4) is 0 Å². The molecule has 0 radical (unpaired) electrons. The molecule has 0 bridgehead atoms. The zero-order valence-corrected chi connectivity index (χ0v) is 17.3. The summed E-state index contributed by atoms with van der Waals surface area (Å²) in [4.78, 5) is 8.81. The summed E-state index contributed by atoms with van der Waals surface area (Å²) in [7, 11) is 1.95. The van der Waals surface area contributed by atoms with Crippen molar-refractivity contribution in [1.29, 1.82) is 0 Å². The summed E-state index contributed by atoms with van der Waals surface area (Å²) in [5, 5.41) is 4.38. The smallest absolute Gasteiger partial charge is 0.134 e. The first-order valence-electron chi connectivity index (χ1n) is 9.92. The Morgan fingerprint density at radius 3 is 2.36 bits per heavy atom. The number of fused-ring (bicyclic) bond motifs is 1. The molecule has 0 spiro atoms. The summed E-state index contributed by atoms with van der Waals surface area (Å²) >= 11 is 0. The lowest BCUT2D eigenvalue weighted by atomic mass is 10.0. The number of nitrogens with one attached hydrogen (secondary N) is 1. The number of aldehydes is 1. The number of aryl methyl sites for hydroxylation is 2. The Hall–Kier alpha value is -2.59. The number of ether oxygens (including phenoxy) is 1. The van der Waals surface area contributed by atoms with Crippen LogP contribution in [0.2, 0.25) is 0 Å². The van der Waals surface area contributed by atoms with Gasteiger partial charge in [0.2, 0.25) is 0 Å². The average molecular weight is 382 g/mol. The molecule has 0 aliphatic rings. The van der Waals surface area contributed by atoms with Crippen LogP contribution in [-0.2, 0) is 17.6 Å². The monoisotopic (exact) mass is 381 g/mol. The molecule has 4 heteroatoms. The third-order valence-electron chi connectivity index (χ3n) is 4.56. The van der Waals surface area contributed by atoms with Crippen LogP contribution in [0.15, 0.2) is 52.9 Å². The average Bonchev–Trinajstić information content (AvgIpc) is 3.15. The van der Waals surface area contributed by atoms with Gasteiger partial charge in [0.25, 0.3) is 0 Å². The van der Waals surface area contributed by atoms with Gasteiger partial charge in [0.15, 0.2) is 0 Å². The Balaban J connectivity index is 0.000000878. The van der Waals surface area contributed by atoms with Crippen LogP contribution >= 0.6 is 0 Å². The van der Waals surface area contributed by atoms with E-state index in [9.17, 15) is 0 Å². The van der Waals surface area contributed by atoms with Crippen molar-refractivity contribution >= 4 is 17.3 Å². The predicted octanol–water partition coefficient (Wildman–Crippen LogP) is 5.49. The lowest BCUT2D eigenvalue weighted by molar-refractivity contribution is -0.106. The second-order valence-corrected chi connectivity index (χ2v) is 6.76. The second kappa shape index (κ2) is 11.3. The SMILES string of the molecule is CC=O.CCCOc1ccc(CCc2ccc3cc(C(C)NC)oc3c2)cc1. The molecule has 1 N–H and O–H groups in total. The fourth-order valence-corrected chi connectivity index (χ4v) is 2.87. The summed E-state index contributed by atoms with van der Waals surface area (Å²) in [6.45, 7) is 6.44. The fraction of sp³-hybridized carbons (Fsp3) is 0.375. The maximum Gasteiger partial charge on any atom is 0.134 e. The molecule has 0 aliphatic heterocycles. The van der Waals surface area contributed by atoms with Gasteiger partial charge in [-0.15, -0.1) is 0 Å². The van der Waals surface area contributed by atoms with E-state index in [1.807, 2.05) is 7.05 Å². The molecule has 28 heavy (non-hydrogen) atoms. The number of hydrogen-bond donors (Lipinski definition) is 1. The van der Waals surface area contributed by atoms with Crippen LogP contribution in [0.25, 0.3) is 11.0 Å². The lowest BCUT2D eigenvalue weighted by Gasteiger charge is -2.06. The van der Waals surface area contributed by atoms with Gasteiger partial charge in [-0.3, -0.25) is 0 Å². The van der Waals surface area contributed by atoms with E-state index < -0.39 is 0 Å². The molecule has 0 aliphatic carbocycles. The highest BCUT2D eigenvalue weighted by molar-refractivity contribution is 5.78. The summed E-state index contributed by atoms with van der Waals surface area (Å²) in [5.74, 6) is 1.94. The van der Waals surface area contributed by atoms with E-state index in [0.717, 1.165) is 49.2 Å². The Bertz CT molecular complexity index is 852. The van der Waals surface area contributed by atoms with E-state index in [4.69, 9.17) is 13.9 Å². The highest BCUT2D eigenvalue weighted by atomic mass is 16.5. The predicted molar refractivity (Wildman–Crippen MR) is 115 cm³/mol. The van der Waals surface area contributed by atoms with Crippen molar-refractivity contribution in [3.8, 4) is 5.75 Å². The number of benzene rings is 2. The first-order chi connectivity index (χ1) is 13.6. The van der Waals surface area contributed by atoms with Gasteiger partial charge in [-0.05, 0) is 75.5 Å². The molecule has 0 saturated heterocycles. The summed E-state index contributed by atoms with van der Waals surface area (Å²) < 4.78 is 11.6. The van der Waals surface area contributed by atoms with E-state index in [1.54, 1.807) is 0 Å². The molecule has 3 rings (SSSR count). The van der Waals surface area contributed by atoms with E-state index in [1.165, 1.54) is 23.4 Å². The first kappa shape index (κ1) is 21.7. The summed E-state index contributed by atoms with van der Waals surface area (Å²) in [6.07, 6.45) is 3.80. The first-order valence-corrected chi connectivity index (χ1v) is 9.92. The maximum atomic E-state index is 8.81.